The molecule has 49 heavy (non-hydrogen) atoms. The number of esters is 2. The third kappa shape index (κ3) is 34.7. The number of ether oxygens (including phenoxy) is 2. The van der Waals surface area contributed by atoms with Crippen molar-refractivity contribution in [1.82, 2.24) is 0 Å². The van der Waals surface area contributed by atoms with Crippen molar-refractivity contribution in [2.24, 2.45) is 0 Å². The molecule has 0 fully saturated rings. The maximum absolute atomic E-state index is 12.5. The third-order valence-corrected chi connectivity index (χ3v) is 9.03. The van der Waals surface area contributed by atoms with Crippen LogP contribution in [0.4, 0.5) is 0 Å². The van der Waals surface area contributed by atoms with E-state index < -0.39 is 51.8 Å². The number of unbranched alkanes of at least 4 members (excludes halogenated alkanes) is 18. The number of phosphoric acid groups is 1. The molecule has 0 bridgehead atoms. The van der Waals surface area contributed by atoms with Gasteiger partial charge in [0.25, 0.3) is 0 Å². The van der Waals surface area contributed by atoms with Gasteiger partial charge in [0.2, 0.25) is 0 Å². The zero-order valence-corrected chi connectivity index (χ0v) is 31.8. The van der Waals surface area contributed by atoms with E-state index in [9.17, 15) is 24.2 Å². The van der Waals surface area contributed by atoms with Crippen molar-refractivity contribution in [2.45, 2.75) is 180 Å². The molecule has 288 valence electrons. The van der Waals surface area contributed by atoms with Crippen LogP contribution in [0.1, 0.15) is 168 Å². The van der Waals surface area contributed by atoms with Crippen LogP contribution in [0.15, 0.2) is 24.3 Å². The number of phosphoric ester groups is 1. The molecule has 0 radical (unpaired) electrons. The lowest BCUT2D eigenvalue weighted by Crippen LogP contribution is -2.29. The van der Waals surface area contributed by atoms with Gasteiger partial charge in [-0.3, -0.25) is 18.6 Å². The summed E-state index contributed by atoms with van der Waals surface area (Å²) >= 11 is 0. The lowest BCUT2D eigenvalue weighted by Gasteiger charge is -2.20. The molecule has 0 amide bonds. The Morgan fingerprint density at radius 2 is 1.00 bits per heavy atom. The van der Waals surface area contributed by atoms with Gasteiger partial charge in [-0.15, -0.1) is 0 Å². The molecule has 3 N–H and O–H groups in total. The summed E-state index contributed by atoms with van der Waals surface area (Å²) < 4.78 is 32.6. The maximum atomic E-state index is 12.5. The van der Waals surface area contributed by atoms with Gasteiger partial charge in [0.05, 0.1) is 19.8 Å². The molecule has 10 nitrogen and oxygen atoms in total. The van der Waals surface area contributed by atoms with E-state index in [1.54, 1.807) is 0 Å². The first kappa shape index (κ1) is 47.4. The van der Waals surface area contributed by atoms with E-state index in [4.69, 9.17) is 19.1 Å². The molecule has 0 aromatic rings. The summed E-state index contributed by atoms with van der Waals surface area (Å²) in [6, 6.07) is 0. The second-order valence-electron chi connectivity index (χ2n) is 12.9. The topological polar surface area (TPSA) is 149 Å². The van der Waals surface area contributed by atoms with Gasteiger partial charge in [0, 0.05) is 12.8 Å². The van der Waals surface area contributed by atoms with E-state index in [0.29, 0.717) is 12.8 Å². The van der Waals surface area contributed by atoms with Gasteiger partial charge < -0.3 is 24.6 Å². The normalized spacial score (nSPS) is 14.3. The Labute approximate surface area is 298 Å². The lowest BCUT2D eigenvalue weighted by molar-refractivity contribution is -0.161. The van der Waals surface area contributed by atoms with Crippen LogP contribution >= 0.6 is 7.82 Å². The first-order valence-electron chi connectivity index (χ1n) is 19.3. The molecule has 3 unspecified atom stereocenters. The average molecular weight is 719 g/mol. The van der Waals surface area contributed by atoms with E-state index in [1.165, 1.54) is 51.4 Å². The van der Waals surface area contributed by atoms with Crippen LogP contribution in [0, 0.1) is 0 Å². The summed E-state index contributed by atoms with van der Waals surface area (Å²) in [5, 5.41) is 18.3. The number of allylic oxidation sites excluding steroid dienone is 4. The molecule has 0 saturated carbocycles. The Kier molecular flexibility index (Phi) is 33.8. The molecule has 0 aliphatic heterocycles. The SMILES string of the molecule is CCCCCCC=CCCCCCCCC(=O)OCC(COP(=O)(O)OCC(O)CO)OC(=O)CCCCCCCC=CCCCCCC. The predicted octanol–water partition coefficient (Wildman–Crippen LogP) is 9.44. The molecule has 0 aromatic heterocycles. The van der Waals surface area contributed by atoms with Crippen molar-refractivity contribution in [3.63, 3.8) is 0 Å². The van der Waals surface area contributed by atoms with E-state index in [0.717, 1.165) is 77.0 Å². The molecular weight excluding hydrogens is 647 g/mol. The molecule has 0 aliphatic carbocycles. The fourth-order valence-electron chi connectivity index (χ4n) is 5.04. The summed E-state index contributed by atoms with van der Waals surface area (Å²) in [7, 11) is -4.61. The number of aliphatic hydroxyl groups is 2. The smallest absolute Gasteiger partial charge is 0.462 e. The van der Waals surface area contributed by atoms with Gasteiger partial charge in [-0.1, -0.05) is 115 Å². The summed E-state index contributed by atoms with van der Waals surface area (Å²) in [4.78, 5) is 34.8. The first-order chi connectivity index (χ1) is 23.7. The van der Waals surface area contributed by atoms with Crippen LogP contribution in [0.3, 0.4) is 0 Å². The highest BCUT2D eigenvalue weighted by molar-refractivity contribution is 7.47. The second kappa shape index (κ2) is 34.9. The van der Waals surface area contributed by atoms with Gasteiger partial charge in [-0.05, 0) is 64.2 Å². The van der Waals surface area contributed by atoms with Crippen molar-refractivity contribution in [3.8, 4) is 0 Å². The quantitative estimate of drug-likeness (QED) is 0.0248. The number of hydrogen-bond donors (Lipinski definition) is 3. The largest absolute Gasteiger partial charge is 0.472 e. The van der Waals surface area contributed by atoms with Crippen LogP contribution < -0.4 is 0 Å². The molecule has 0 saturated heterocycles. The molecule has 0 heterocycles. The standard InChI is InChI=1S/C38H71O10P/c1-3-5-7-9-11-13-15-17-19-21-23-25-27-29-37(41)45-33-36(34-47-49(43,44)46-32-35(40)31-39)48-38(42)30-28-26-24-22-20-18-16-14-12-10-8-6-4-2/h13-16,35-36,39-40H,3-12,17-34H2,1-2H3,(H,43,44). The summed E-state index contributed by atoms with van der Waals surface area (Å²) in [6.07, 6.45) is 31.4. The van der Waals surface area contributed by atoms with Crippen molar-refractivity contribution < 1.29 is 47.8 Å². The van der Waals surface area contributed by atoms with Crippen LogP contribution in [-0.4, -0.2) is 65.7 Å². The van der Waals surface area contributed by atoms with E-state index in [-0.39, 0.29) is 19.4 Å². The van der Waals surface area contributed by atoms with Gasteiger partial charge in [-0.2, -0.15) is 0 Å². The zero-order chi connectivity index (χ0) is 36.3. The average Bonchev–Trinajstić information content (AvgIpc) is 3.09. The van der Waals surface area contributed by atoms with Gasteiger partial charge in [0.1, 0.15) is 12.7 Å². The molecule has 3 atom stereocenters. The molecule has 0 aromatic carbocycles. The van der Waals surface area contributed by atoms with Crippen LogP contribution in [0.25, 0.3) is 0 Å². The number of rotatable bonds is 36. The van der Waals surface area contributed by atoms with Gasteiger partial charge >= 0.3 is 19.8 Å². The number of hydrogen-bond acceptors (Lipinski definition) is 9. The highest BCUT2D eigenvalue weighted by Gasteiger charge is 2.27. The Morgan fingerprint density at radius 3 is 1.47 bits per heavy atom. The van der Waals surface area contributed by atoms with Crippen LogP contribution in [-0.2, 0) is 32.7 Å². The molecule has 0 rings (SSSR count). The number of carbonyl (C=O) groups excluding carboxylic acids is 2. The highest BCUT2D eigenvalue weighted by atomic mass is 31.2. The van der Waals surface area contributed by atoms with Crippen molar-refractivity contribution in [2.75, 3.05) is 26.4 Å². The van der Waals surface area contributed by atoms with Crippen LogP contribution in [0.5, 0.6) is 0 Å². The third-order valence-electron chi connectivity index (χ3n) is 8.08. The number of aliphatic hydroxyl groups excluding tert-OH is 2. The summed E-state index contributed by atoms with van der Waals surface area (Å²) in [5.74, 6) is -0.945. The second-order valence-corrected chi connectivity index (χ2v) is 14.4. The van der Waals surface area contributed by atoms with Crippen molar-refractivity contribution in [1.29, 1.82) is 0 Å². The van der Waals surface area contributed by atoms with Crippen molar-refractivity contribution >= 4 is 19.8 Å². The fourth-order valence-corrected chi connectivity index (χ4v) is 5.83. The Hall–Kier alpha value is -1.55. The van der Waals surface area contributed by atoms with E-state index in [1.807, 2.05) is 0 Å². The van der Waals surface area contributed by atoms with Crippen LogP contribution in [0.2, 0.25) is 0 Å². The minimum absolute atomic E-state index is 0.173. The van der Waals surface area contributed by atoms with Crippen molar-refractivity contribution in [3.05, 3.63) is 24.3 Å². The maximum Gasteiger partial charge on any atom is 0.472 e. The Morgan fingerprint density at radius 1 is 0.592 bits per heavy atom. The summed E-state index contributed by atoms with van der Waals surface area (Å²) in [6.45, 7) is 2.31. The number of carbonyl (C=O) groups is 2. The first-order valence-corrected chi connectivity index (χ1v) is 20.8. The predicted molar refractivity (Wildman–Crippen MR) is 196 cm³/mol. The van der Waals surface area contributed by atoms with E-state index >= 15 is 0 Å². The van der Waals surface area contributed by atoms with E-state index in [2.05, 4.69) is 42.7 Å². The Balaban J connectivity index is 4.39. The monoisotopic (exact) mass is 718 g/mol. The molecular formula is C38H71O10P. The highest BCUT2D eigenvalue weighted by Crippen LogP contribution is 2.43. The fraction of sp³-hybridized carbons (Fsp3) is 0.842. The van der Waals surface area contributed by atoms with Gasteiger partial charge in [0.15, 0.2) is 6.10 Å². The van der Waals surface area contributed by atoms with Gasteiger partial charge in [-0.25, -0.2) is 4.57 Å². The minimum Gasteiger partial charge on any atom is -0.462 e. The zero-order valence-electron chi connectivity index (χ0n) is 30.9. The molecule has 0 aliphatic rings. The molecule has 11 heteroatoms. The molecule has 0 spiro atoms. The summed E-state index contributed by atoms with van der Waals surface area (Å²) in [5.41, 5.74) is 0. The Bertz CT molecular complexity index is 879. The minimum atomic E-state index is -4.61. The lowest BCUT2D eigenvalue weighted by atomic mass is 10.1.